The van der Waals surface area contributed by atoms with Crippen molar-refractivity contribution in [3.8, 4) is 0 Å². The molecule has 0 aromatic carbocycles. The summed E-state index contributed by atoms with van der Waals surface area (Å²) in [5, 5.41) is 2.92. The van der Waals surface area contributed by atoms with Crippen LogP contribution in [0, 0.1) is 0 Å². The number of aromatic nitrogens is 2. The number of hydrogen-bond acceptors (Lipinski definition) is 2. The summed E-state index contributed by atoms with van der Waals surface area (Å²) in [6.45, 7) is 11.6. The summed E-state index contributed by atoms with van der Waals surface area (Å²) in [6, 6.07) is 0.146. The normalized spacial score (nSPS) is 11.9. The average molecular weight is 250 g/mol. The Bertz CT molecular complexity index is 386. The summed E-state index contributed by atoms with van der Waals surface area (Å²) in [6.07, 6.45) is 5.38. The number of rotatable bonds is 6. The van der Waals surface area contributed by atoms with Crippen molar-refractivity contribution < 1.29 is 4.79 Å². The largest absolute Gasteiger partial charge is 0.336 e. The zero-order chi connectivity index (χ0) is 13.5. The third-order valence-electron chi connectivity index (χ3n) is 2.71. The van der Waals surface area contributed by atoms with Crippen LogP contribution in [0.5, 0.6) is 0 Å². The molecule has 0 bridgehead atoms. The van der Waals surface area contributed by atoms with Gasteiger partial charge in [0.2, 0.25) is 0 Å². The molecule has 18 heavy (non-hydrogen) atoms. The van der Waals surface area contributed by atoms with Gasteiger partial charge < -0.3 is 14.8 Å². The maximum Gasteiger partial charge on any atom is 0.317 e. The number of nitrogens with zero attached hydrogens (tertiary/aromatic N) is 3. The van der Waals surface area contributed by atoms with E-state index in [0.29, 0.717) is 19.6 Å². The highest BCUT2D eigenvalue weighted by atomic mass is 16.2. The molecule has 1 atom stereocenters. The molecule has 1 heterocycles. The van der Waals surface area contributed by atoms with E-state index in [1.807, 2.05) is 31.5 Å². The van der Waals surface area contributed by atoms with Gasteiger partial charge in [0.15, 0.2) is 0 Å². The fourth-order valence-electron chi connectivity index (χ4n) is 1.64. The predicted octanol–water partition coefficient (Wildman–Crippen LogP) is 2.05. The number of nitrogens with one attached hydrogen (secondary N) is 1. The second-order valence-electron chi connectivity index (χ2n) is 4.52. The van der Waals surface area contributed by atoms with Crippen LogP contribution in [-0.2, 0) is 0 Å². The van der Waals surface area contributed by atoms with E-state index >= 15 is 0 Å². The van der Waals surface area contributed by atoms with Gasteiger partial charge in [-0.05, 0) is 20.8 Å². The van der Waals surface area contributed by atoms with Gasteiger partial charge in [0, 0.05) is 38.1 Å². The lowest BCUT2D eigenvalue weighted by Crippen LogP contribution is -2.42. The lowest BCUT2D eigenvalue weighted by Gasteiger charge is -2.23. The molecular formula is C13H22N4O. The minimum atomic E-state index is -0.0486. The summed E-state index contributed by atoms with van der Waals surface area (Å²) in [4.78, 5) is 17.7. The van der Waals surface area contributed by atoms with Crippen molar-refractivity contribution in [2.24, 2.45) is 0 Å². The van der Waals surface area contributed by atoms with Crippen molar-refractivity contribution >= 4 is 6.03 Å². The fraction of sp³-hybridized carbons (Fsp3) is 0.538. The van der Waals surface area contributed by atoms with Gasteiger partial charge in [0.05, 0.1) is 6.33 Å². The molecule has 0 saturated heterocycles. The van der Waals surface area contributed by atoms with Gasteiger partial charge in [-0.3, -0.25) is 0 Å². The van der Waals surface area contributed by atoms with Gasteiger partial charge in [-0.1, -0.05) is 12.2 Å². The van der Waals surface area contributed by atoms with Crippen LogP contribution >= 0.6 is 0 Å². The molecule has 1 aromatic heterocycles. The Kier molecular flexibility index (Phi) is 5.42. The van der Waals surface area contributed by atoms with E-state index in [1.54, 1.807) is 17.4 Å². The highest BCUT2D eigenvalue weighted by Crippen LogP contribution is 2.03. The van der Waals surface area contributed by atoms with Crippen molar-refractivity contribution in [1.82, 2.24) is 19.8 Å². The molecule has 0 aliphatic heterocycles. The van der Waals surface area contributed by atoms with Gasteiger partial charge >= 0.3 is 6.03 Å². The van der Waals surface area contributed by atoms with E-state index in [0.717, 1.165) is 5.57 Å². The summed E-state index contributed by atoms with van der Waals surface area (Å²) in [7, 11) is 0. The van der Waals surface area contributed by atoms with Gasteiger partial charge in [0.1, 0.15) is 0 Å². The Balaban J connectivity index is 2.42. The molecular weight excluding hydrogens is 228 g/mol. The van der Waals surface area contributed by atoms with Crippen molar-refractivity contribution in [1.29, 1.82) is 0 Å². The standard InChI is InChI=1S/C13H22N4O/c1-5-16(9-11(2)3)13(18)15-8-12(4)17-7-6-14-10-17/h6-7,10,12H,2,5,8-9H2,1,3-4H3,(H,15,18). The van der Waals surface area contributed by atoms with Gasteiger partial charge in [-0.25, -0.2) is 9.78 Å². The number of urea groups is 1. The van der Waals surface area contributed by atoms with Crippen LogP contribution in [0.25, 0.3) is 0 Å². The first-order valence-corrected chi connectivity index (χ1v) is 6.19. The lowest BCUT2D eigenvalue weighted by molar-refractivity contribution is 0.203. The average Bonchev–Trinajstić information content (AvgIpc) is 2.86. The Morgan fingerprint density at radius 1 is 1.61 bits per heavy atom. The smallest absolute Gasteiger partial charge is 0.317 e. The quantitative estimate of drug-likeness (QED) is 0.786. The molecule has 5 heteroatoms. The zero-order valence-corrected chi connectivity index (χ0v) is 11.4. The minimum absolute atomic E-state index is 0.0486. The molecule has 5 nitrogen and oxygen atoms in total. The van der Waals surface area contributed by atoms with Gasteiger partial charge in [-0.15, -0.1) is 0 Å². The van der Waals surface area contributed by atoms with Crippen LogP contribution in [-0.4, -0.2) is 40.1 Å². The zero-order valence-electron chi connectivity index (χ0n) is 11.4. The highest BCUT2D eigenvalue weighted by molar-refractivity contribution is 5.74. The molecule has 0 aliphatic carbocycles. The first-order valence-electron chi connectivity index (χ1n) is 6.19. The Morgan fingerprint density at radius 2 is 2.33 bits per heavy atom. The number of carbonyl (C=O) groups is 1. The molecule has 0 spiro atoms. The molecule has 0 fully saturated rings. The van der Waals surface area contributed by atoms with E-state index in [9.17, 15) is 4.79 Å². The summed E-state index contributed by atoms with van der Waals surface area (Å²) >= 11 is 0. The Morgan fingerprint density at radius 3 is 2.83 bits per heavy atom. The maximum atomic E-state index is 11.9. The molecule has 100 valence electrons. The van der Waals surface area contributed by atoms with Crippen LogP contribution in [0.2, 0.25) is 0 Å². The Labute approximate surface area is 109 Å². The van der Waals surface area contributed by atoms with Crippen LogP contribution < -0.4 is 5.32 Å². The molecule has 1 rings (SSSR count). The Hall–Kier alpha value is -1.78. The molecule has 2 amide bonds. The summed E-state index contributed by atoms with van der Waals surface area (Å²) in [5.41, 5.74) is 0.981. The second-order valence-corrected chi connectivity index (χ2v) is 4.52. The SMILES string of the molecule is C=C(C)CN(CC)C(=O)NCC(C)n1ccnc1. The van der Waals surface area contributed by atoms with E-state index in [4.69, 9.17) is 0 Å². The van der Waals surface area contributed by atoms with E-state index in [2.05, 4.69) is 16.9 Å². The lowest BCUT2D eigenvalue weighted by atomic mass is 10.3. The number of imidazole rings is 1. The van der Waals surface area contributed by atoms with Crippen molar-refractivity contribution in [2.75, 3.05) is 19.6 Å². The molecule has 1 unspecified atom stereocenters. The van der Waals surface area contributed by atoms with Gasteiger partial charge in [-0.2, -0.15) is 0 Å². The third-order valence-corrected chi connectivity index (χ3v) is 2.71. The van der Waals surface area contributed by atoms with Crippen LogP contribution in [0.4, 0.5) is 4.79 Å². The highest BCUT2D eigenvalue weighted by Gasteiger charge is 2.12. The second kappa shape index (κ2) is 6.83. The van der Waals surface area contributed by atoms with Crippen LogP contribution in [0.1, 0.15) is 26.8 Å². The van der Waals surface area contributed by atoms with Crippen molar-refractivity contribution in [3.05, 3.63) is 30.9 Å². The molecule has 0 saturated carbocycles. The third kappa shape index (κ3) is 4.24. The van der Waals surface area contributed by atoms with Crippen LogP contribution in [0.15, 0.2) is 30.9 Å². The maximum absolute atomic E-state index is 11.9. The van der Waals surface area contributed by atoms with E-state index in [-0.39, 0.29) is 12.1 Å². The number of carbonyl (C=O) groups excluding carboxylic acids is 1. The predicted molar refractivity (Wildman–Crippen MR) is 72.4 cm³/mol. The first-order chi connectivity index (χ1) is 8.54. The topological polar surface area (TPSA) is 50.2 Å². The van der Waals surface area contributed by atoms with E-state index < -0.39 is 0 Å². The number of amides is 2. The van der Waals surface area contributed by atoms with Crippen molar-refractivity contribution in [2.45, 2.75) is 26.8 Å². The fourth-order valence-corrected chi connectivity index (χ4v) is 1.64. The first kappa shape index (κ1) is 14.3. The van der Waals surface area contributed by atoms with Gasteiger partial charge in [0.25, 0.3) is 0 Å². The van der Waals surface area contributed by atoms with E-state index in [1.165, 1.54) is 0 Å². The van der Waals surface area contributed by atoms with Crippen molar-refractivity contribution in [3.63, 3.8) is 0 Å². The summed E-state index contributed by atoms with van der Waals surface area (Å²) < 4.78 is 1.97. The number of hydrogen-bond donors (Lipinski definition) is 1. The molecule has 0 aliphatic rings. The minimum Gasteiger partial charge on any atom is -0.336 e. The molecule has 1 N–H and O–H groups in total. The molecule has 0 radical (unpaired) electrons. The summed E-state index contributed by atoms with van der Waals surface area (Å²) in [5.74, 6) is 0. The molecule has 1 aromatic rings. The number of likely N-dealkylation sites (N-methyl/N-ethyl adjacent to an activating group) is 1. The van der Waals surface area contributed by atoms with Crippen LogP contribution in [0.3, 0.4) is 0 Å². The monoisotopic (exact) mass is 250 g/mol.